The molecule has 2 rings (SSSR count). The summed E-state index contributed by atoms with van der Waals surface area (Å²) in [6.07, 6.45) is -0.248. The number of hydrogen-bond acceptors (Lipinski definition) is 4. The molecule has 0 aromatic carbocycles. The Balaban J connectivity index is 0.000000845. The maximum absolute atomic E-state index is 9.52. The number of nitrogens with two attached hydrogens (primary N) is 1. The molecule has 3 N–H and O–H groups in total. The van der Waals surface area contributed by atoms with Crippen LogP contribution in [0.3, 0.4) is 0 Å². The average Bonchev–Trinajstić information content (AvgIpc) is 2.34. The number of fused-ring (bicyclic) bond motifs is 1. The van der Waals surface area contributed by atoms with E-state index in [9.17, 15) is 5.11 Å². The van der Waals surface area contributed by atoms with E-state index < -0.39 is 11.9 Å². The zero-order valence-electron chi connectivity index (χ0n) is 7.77. The zero-order chi connectivity index (χ0) is 8.93. The molecule has 0 aromatic heterocycles. The number of rotatable bonds is 0. The van der Waals surface area contributed by atoms with Crippen molar-refractivity contribution in [1.82, 2.24) is 0 Å². The van der Waals surface area contributed by atoms with Crippen LogP contribution >= 0.6 is 12.4 Å². The molecule has 5 heteroatoms. The zero-order valence-corrected chi connectivity index (χ0v) is 8.58. The second-order valence-corrected chi connectivity index (χ2v) is 4.03. The lowest BCUT2D eigenvalue weighted by Gasteiger charge is -2.20. The van der Waals surface area contributed by atoms with Crippen LogP contribution in [0.1, 0.15) is 20.3 Å². The number of hydrogen-bond donors (Lipinski definition) is 2. The van der Waals surface area contributed by atoms with Crippen molar-refractivity contribution in [3.63, 3.8) is 0 Å². The van der Waals surface area contributed by atoms with E-state index >= 15 is 0 Å². The van der Waals surface area contributed by atoms with Crippen LogP contribution < -0.4 is 5.73 Å². The van der Waals surface area contributed by atoms with E-state index in [-0.39, 0.29) is 30.7 Å². The molecule has 1 heterocycles. The van der Waals surface area contributed by atoms with Gasteiger partial charge in [0, 0.05) is 6.04 Å². The highest BCUT2D eigenvalue weighted by Gasteiger charge is 2.52. The number of aliphatic hydroxyl groups excluding tert-OH is 1. The van der Waals surface area contributed by atoms with Gasteiger partial charge in [0.25, 0.3) is 0 Å². The molecular formula is C8H16ClNO3. The predicted octanol–water partition coefficient (Wildman–Crippen LogP) is 0.0202. The molecular weight excluding hydrogens is 194 g/mol. The van der Waals surface area contributed by atoms with Gasteiger partial charge >= 0.3 is 0 Å². The smallest absolute Gasteiger partial charge is 0.163 e. The first-order valence-electron chi connectivity index (χ1n) is 4.29. The summed E-state index contributed by atoms with van der Waals surface area (Å²) >= 11 is 0. The van der Waals surface area contributed by atoms with Gasteiger partial charge in [-0.05, 0) is 20.3 Å². The quantitative estimate of drug-likeness (QED) is 0.591. The summed E-state index contributed by atoms with van der Waals surface area (Å²) in [4.78, 5) is 0. The normalized spacial score (nSPS) is 47.1. The number of aliphatic hydroxyl groups is 1. The second-order valence-electron chi connectivity index (χ2n) is 4.03. The third kappa shape index (κ3) is 1.82. The molecule has 1 saturated heterocycles. The van der Waals surface area contributed by atoms with Gasteiger partial charge in [-0.25, -0.2) is 0 Å². The molecule has 2 aliphatic rings. The van der Waals surface area contributed by atoms with Crippen LogP contribution in [0.15, 0.2) is 0 Å². The highest BCUT2D eigenvalue weighted by molar-refractivity contribution is 5.85. The summed E-state index contributed by atoms with van der Waals surface area (Å²) in [6.45, 7) is 3.68. The van der Waals surface area contributed by atoms with Crippen LogP contribution in [0, 0.1) is 0 Å². The van der Waals surface area contributed by atoms with E-state index in [1.165, 1.54) is 0 Å². The fourth-order valence-electron chi connectivity index (χ4n) is 1.99. The van der Waals surface area contributed by atoms with E-state index in [1.54, 1.807) is 0 Å². The van der Waals surface area contributed by atoms with Crippen molar-refractivity contribution < 1.29 is 14.6 Å². The molecule has 0 bridgehead atoms. The van der Waals surface area contributed by atoms with Crippen LogP contribution in [-0.2, 0) is 9.47 Å². The van der Waals surface area contributed by atoms with E-state index in [2.05, 4.69) is 0 Å². The molecule has 1 aliphatic carbocycles. The van der Waals surface area contributed by atoms with E-state index in [1.807, 2.05) is 13.8 Å². The fraction of sp³-hybridized carbons (Fsp3) is 1.00. The Hall–Kier alpha value is 0.130. The third-order valence-corrected chi connectivity index (χ3v) is 2.48. The Kier molecular flexibility index (Phi) is 2.90. The highest BCUT2D eigenvalue weighted by atomic mass is 35.5. The van der Waals surface area contributed by atoms with Crippen LogP contribution in [0.25, 0.3) is 0 Å². The topological polar surface area (TPSA) is 64.7 Å². The van der Waals surface area contributed by atoms with Gasteiger partial charge in [-0.1, -0.05) is 0 Å². The van der Waals surface area contributed by atoms with E-state index in [0.29, 0.717) is 6.42 Å². The van der Waals surface area contributed by atoms with Crippen molar-refractivity contribution >= 4 is 12.4 Å². The minimum atomic E-state index is -0.589. The lowest BCUT2D eigenvalue weighted by molar-refractivity contribution is -0.163. The Morgan fingerprint density at radius 2 is 1.85 bits per heavy atom. The van der Waals surface area contributed by atoms with Crippen molar-refractivity contribution in [2.45, 2.75) is 50.4 Å². The van der Waals surface area contributed by atoms with Gasteiger partial charge in [0.05, 0.1) is 6.10 Å². The van der Waals surface area contributed by atoms with Crippen LogP contribution in [0.5, 0.6) is 0 Å². The van der Waals surface area contributed by atoms with E-state index in [4.69, 9.17) is 15.2 Å². The number of halogens is 1. The summed E-state index contributed by atoms with van der Waals surface area (Å²) in [5.41, 5.74) is 5.77. The van der Waals surface area contributed by atoms with Crippen molar-refractivity contribution in [1.29, 1.82) is 0 Å². The molecule has 0 aromatic rings. The van der Waals surface area contributed by atoms with Crippen LogP contribution in [0.2, 0.25) is 0 Å². The first-order chi connectivity index (χ1) is 5.49. The molecule has 1 saturated carbocycles. The third-order valence-electron chi connectivity index (χ3n) is 2.48. The van der Waals surface area contributed by atoms with Crippen LogP contribution in [0.4, 0.5) is 0 Å². The van der Waals surface area contributed by atoms with Gasteiger partial charge in [-0.3, -0.25) is 0 Å². The summed E-state index contributed by atoms with van der Waals surface area (Å²) < 4.78 is 11.1. The summed E-state index contributed by atoms with van der Waals surface area (Å²) in [6, 6.07) is -0.0909. The lowest BCUT2D eigenvalue weighted by atomic mass is 10.2. The Morgan fingerprint density at radius 1 is 1.31 bits per heavy atom. The summed E-state index contributed by atoms with van der Waals surface area (Å²) in [5, 5.41) is 9.52. The summed E-state index contributed by atoms with van der Waals surface area (Å²) in [5.74, 6) is -0.589. The SMILES string of the molecule is CC1(C)O[C@@H]2[C@H](O1)[C@@H](N)C[C@H]2O.Cl. The molecule has 78 valence electrons. The fourth-order valence-corrected chi connectivity index (χ4v) is 1.99. The first kappa shape index (κ1) is 11.2. The molecule has 13 heavy (non-hydrogen) atoms. The lowest BCUT2D eigenvalue weighted by Crippen LogP contribution is -2.35. The van der Waals surface area contributed by atoms with Gasteiger partial charge < -0.3 is 20.3 Å². The van der Waals surface area contributed by atoms with Crippen LogP contribution in [-0.4, -0.2) is 35.2 Å². The van der Waals surface area contributed by atoms with Gasteiger partial charge in [0.15, 0.2) is 5.79 Å². The molecule has 4 atom stereocenters. The molecule has 4 nitrogen and oxygen atoms in total. The van der Waals surface area contributed by atoms with Gasteiger partial charge in [-0.2, -0.15) is 0 Å². The number of ether oxygens (including phenoxy) is 2. The maximum atomic E-state index is 9.52. The molecule has 0 radical (unpaired) electrons. The Morgan fingerprint density at radius 3 is 2.38 bits per heavy atom. The highest BCUT2D eigenvalue weighted by Crippen LogP contribution is 2.37. The molecule has 0 unspecified atom stereocenters. The van der Waals surface area contributed by atoms with Crippen molar-refractivity contribution in [2.75, 3.05) is 0 Å². The molecule has 1 aliphatic heterocycles. The minimum absolute atomic E-state index is 0. The molecule has 2 fully saturated rings. The van der Waals surface area contributed by atoms with Crippen molar-refractivity contribution in [2.24, 2.45) is 5.73 Å². The van der Waals surface area contributed by atoms with Gasteiger partial charge in [-0.15, -0.1) is 12.4 Å². The second kappa shape index (κ2) is 3.37. The largest absolute Gasteiger partial charge is 0.390 e. The van der Waals surface area contributed by atoms with Crippen molar-refractivity contribution in [3.8, 4) is 0 Å². The molecule has 0 amide bonds. The standard InChI is InChI=1S/C8H15NO3.ClH/c1-8(2)11-6-4(9)3-5(10)7(6)12-8;/h4-7,10H,3,9H2,1-2H3;1H/t4-,5+,6+,7-;/m0./s1. The monoisotopic (exact) mass is 209 g/mol. The van der Waals surface area contributed by atoms with Gasteiger partial charge in [0.1, 0.15) is 12.2 Å². The summed E-state index contributed by atoms with van der Waals surface area (Å²) in [7, 11) is 0. The Bertz CT molecular complexity index is 182. The maximum Gasteiger partial charge on any atom is 0.163 e. The predicted molar refractivity (Wildman–Crippen MR) is 49.7 cm³/mol. The van der Waals surface area contributed by atoms with E-state index in [0.717, 1.165) is 0 Å². The van der Waals surface area contributed by atoms with Gasteiger partial charge in [0.2, 0.25) is 0 Å². The Labute approximate surface area is 83.8 Å². The average molecular weight is 210 g/mol. The molecule has 0 spiro atoms. The minimum Gasteiger partial charge on any atom is -0.390 e. The first-order valence-corrected chi connectivity index (χ1v) is 4.29. The van der Waals surface area contributed by atoms with Crippen molar-refractivity contribution in [3.05, 3.63) is 0 Å².